The summed E-state index contributed by atoms with van der Waals surface area (Å²) in [6, 6.07) is 0. The molecule has 0 aliphatic carbocycles. The highest BCUT2D eigenvalue weighted by Gasteiger charge is 1.99. The van der Waals surface area contributed by atoms with Gasteiger partial charge in [-0.05, 0) is 6.08 Å². The molecule has 0 saturated heterocycles. The summed E-state index contributed by atoms with van der Waals surface area (Å²) in [5.74, 6) is 0.495. The van der Waals surface area contributed by atoms with Gasteiger partial charge in [0.05, 0.1) is 5.69 Å². The first-order chi connectivity index (χ1) is 4.90. The van der Waals surface area contributed by atoms with Crippen LogP contribution < -0.4 is 0 Å². The maximum absolute atomic E-state index is 4.75. The van der Waals surface area contributed by atoms with Crippen LogP contribution in [0, 0.1) is 0 Å². The van der Waals surface area contributed by atoms with Crippen LogP contribution in [0.15, 0.2) is 23.6 Å². The molecular weight excluding hydrogens is 130 g/mol. The van der Waals surface area contributed by atoms with E-state index in [0.29, 0.717) is 5.84 Å². The summed E-state index contributed by atoms with van der Waals surface area (Å²) in [4.78, 5) is 4.01. The molecule has 50 valence electrons. The van der Waals surface area contributed by atoms with E-state index in [4.69, 9.17) is 4.52 Å². The lowest BCUT2D eigenvalue weighted by Gasteiger charge is -1.72. The van der Waals surface area contributed by atoms with Gasteiger partial charge in [0.2, 0.25) is 0 Å². The molecule has 2 rings (SSSR count). The highest BCUT2D eigenvalue weighted by atomic mass is 16.5. The van der Waals surface area contributed by atoms with E-state index in [1.807, 2.05) is 0 Å². The first-order valence-electron chi connectivity index (χ1n) is 2.82. The summed E-state index contributed by atoms with van der Waals surface area (Å²) in [7, 11) is 0. The van der Waals surface area contributed by atoms with Crippen molar-refractivity contribution in [3.8, 4) is 0 Å². The maximum Gasteiger partial charge on any atom is 0.332 e. The zero-order valence-electron chi connectivity index (χ0n) is 5.19. The van der Waals surface area contributed by atoms with Crippen LogP contribution >= 0.6 is 0 Å². The van der Waals surface area contributed by atoms with Crippen molar-refractivity contribution < 1.29 is 4.52 Å². The number of hydrogen-bond acceptors (Lipinski definition) is 3. The average molecular weight is 135 g/mol. The Hall–Kier alpha value is -1.58. The van der Waals surface area contributed by atoms with Crippen molar-refractivity contribution in [1.82, 2.24) is 14.5 Å². The smallest absolute Gasteiger partial charge is 0.315 e. The summed E-state index contributed by atoms with van der Waals surface area (Å²) < 4.78 is 6.45. The zero-order valence-corrected chi connectivity index (χ0v) is 5.19. The Morgan fingerprint density at radius 2 is 2.60 bits per heavy atom. The molecule has 0 fully saturated rings. The monoisotopic (exact) mass is 135 g/mol. The fourth-order valence-corrected chi connectivity index (χ4v) is 0.765. The van der Waals surface area contributed by atoms with Crippen molar-refractivity contribution >= 4 is 11.9 Å². The summed E-state index contributed by atoms with van der Waals surface area (Å²) in [5, 5.41) is 3.53. The Labute approximate surface area is 56.8 Å². The molecule has 0 aliphatic rings. The van der Waals surface area contributed by atoms with Gasteiger partial charge in [0.15, 0.2) is 0 Å². The summed E-state index contributed by atoms with van der Waals surface area (Å²) in [6.45, 7) is 3.57. The highest BCUT2D eigenvalue weighted by molar-refractivity contribution is 5.44. The summed E-state index contributed by atoms with van der Waals surface area (Å²) >= 11 is 0. The van der Waals surface area contributed by atoms with Gasteiger partial charge in [-0.2, -0.15) is 4.98 Å². The van der Waals surface area contributed by atoms with E-state index in [2.05, 4.69) is 16.7 Å². The van der Waals surface area contributed by atoms with Crippen LogP contribution in [-0.2, 0) is 0 Å². The Morgan fingerprint density at radius 1 is 1.70 bits per heavy atom. The van der Waals surface area contributed by atoms with Crippen molar-refractivity contribution in [2.75, 3.05) is 0 Å². The predicted molar refractivity (Wildman–Crippen MR) is 35.3 cm³/mol. The van der Waals surface area contributed by atoms with Gasteiger partial charge in [-0.1, -0.05) is 11.7 Å². The van der Waals surface area contributed by atoms with Gasteiger partial charge in [0.25, 0.3) is 0 Å². The fourth-order valence-electron chi connectivity index (χ4n) is 0.765. The third-order valence-corrected chi connectivity index (χ3v) is 1.23. The molecule has 0 atom stereocenters. The minimum absolute atomic E-state index is 0.495. The normalized spacial score (nSPS) is 10.4. The fraction of sp³-hybridized carbons (Fsp3) is 0. The molecule has 0 N–H and O–H groups in total. The molecule has 0 amide bonds. The lowest BCUT2D eigenvalue weighted by atomic mass is 10.5. The largest absolute Gasteiger partial charge is 0.332 e. The van der Waals surface area contributed by atoms with Gasteiger partial charge in [-0.25, -0.2) is 0 Å². The van der Waals surface area contributed by atoms with Gasteiger partial charge < -0.3 is 4.52 Å². The number of fused-ring (bicyclic) bond motifs is 1. The van der Waals surface area contributed by atoms with Gasteiger partial charge in [-0.15, -0.1) is 0 Å². The summed E-state index contributed by atoms with van der Waals surface area (Å²) in [5.41, 5.74) is 0.793. The minimum atomic E-state index is 0.495. The van der Waals surface area contributed by atoms with Crippen LogP contribution in [0.1, 0.15) is 5.69 Å². The summed E-state index contributed by atoms with van der Waals surface area (Å²) in [6.07, 6.45) is 5.00. The van der Waals surface area contributed by atoms with Crippen molar-refractivity contribution in [3.05, 3.63) is 24.8 Å². The van der Waals surface area contributed by atoms with Crippen molar-refractivity contribution in [2.24, 2.45) is 0 Å². The molecule has 0 saturated carbocycles. The second kappa shape index (κ2) is 1.70. The quantitative estimate of drug-likeness (QED) is 0.585. The van der Waals surface area contributed by atoms with Gasteiger partial charge in [-0.3, -0.25) is 4.40 Å². The number of aromatic nitrogens is 3. The van der Waals surface area contributed by atoms with Crippen LogP contribution in [0.4, 0.5) is 0 Å². The molecule has 0 spiro atoms. The number of hydrogen-bond donors (Lipinski definition) is 0. The van der Waals surface area contributed by atoms with Gasteiger partial charge in [0.1, 0.15) is 6.33 Å². The van der Waals surface area contributed by atoms with E-state index in [9.17, 15) is 0 Å². The molecule has 2 aromatic rings. The van der Waals surface area contributed by atoms with Crippen LogP contribution in [0.3, 0.4) is 0 Å². The predicted octanol–water partition coefficient (Wildman–Crippen LogP) is 0.965. The Kier molecular flexibility index (Phi) is 0.887. The molecule has 10 heavy (non-hydrogen) atoms. The van der Waals surface area contributed by atoms with E-state index in [1.165, 1.54) is 0 Å². The molecule has 0 aromatic carbocycles. The molecule has 4 heteroatoms. The minimum Gasteiger partial charge on any atom is -0.315 e. The maximum atomic E-state index is 4.75. The SMILES string of the molecule is C=Cc1cn2cnoc2n1. The van der Waals surface area contributed by atoms with E-state index in [1.54, 1.807) is 23.0 Å². The molecule has 0 bridgehead atoms. The second-order valence-corrected chi connectivity index (χ2v) is 1.87. The van der Waals surface area contributed by atoms with Crippen LogP contribution in [0.25, 0.3) is 11.9 Å². The van der Waals surface area contributed by atoms with E-state index in [-0.39, 0.29) is 0 Å². The molecule has 0 aliphatic heterocycles. The number of nitrogens with zero attached hydrogens (tertiary/aromatic N) is 3. The van der Waals surface area contributed by atoms with Gasteiger partial charge >= 0.3 is 5.84 Å². The Morgan fingerprint density at radius 3 is 3.30 bits per heavy atom. The lowest BCUT2D eigenvalue weighted by molar-refractivity contribution is 0.447. The standard InChI is InChI=1S/C6H5N3O/c1-2-5-3-9-4-7-10-6(9)8-5/h2-4H,1H2. The molecule has 4 nitrogen and oxygen atoms in total. The Balaban J connectivity index is 2.78. The average Bonchev–Trinajstić information content (AvgIpc) is 2.42. The Bertz CT molecular complexity index is 331. The van der Waals surface area contributed by atoms with E-state index in [0.717, 1.165) is 5.69 Å². The van der Waals surface area contributed by atoms with E-state index < -0.39 is 0 Å². The van der Waals surface area contributed by atoms with Crippen LogP contribution in [-0.4, -0.2) is 14.5 Å². The van der Waals surface area contributed by atoms with Crippen molar-refractivity contribution in [2.45, 2.75) is 0 Å². The molecular formula is C6H5N3O. The van der Waals surface area contributed by atoms with Crippen LogP contribution in [0.5, 0.6) is 0 Å². The van der Waals surface area contributed by atoms with Crippen LogP contribution in [0.2, 0.25) is 0 Å². The molecule has 2 aromatic heterocycles. The first kappa shape index (κ1) is 5.22. The molecule has 2 heterocycles. The first-order valence-corrected chi connectivity index (χ1v) is 2.82. The van der Waals surface area contributed by atoms with E-state index >= 15 is 0 Å². The molecule has 0 radical (unpaired) electrons. The third-order valence-electron chi connectivity index (χ3n) is 1.23. The number of imidazole rings is 1. The van der Waals surface area contributed by atoms with Crippen molar-refractivity contribution in [1.29, 1.82) is 0 Å². The topological polar surface area (TPSA) is 43.3 Å². The zero-order chi connectivity index (χ0) is 6.97. The molecule has 0 unspecified atom stereocenters. The number of rotatable bonds is 1. The van der Waals surface area contributed by atoms with Crippen molar-refractivity contribution in [3.63, 3.8) is 0 Å². The highest BCUT2D eigenvalue weighted by Crippen LogP contribution is 2.03. The third kappa shape index (κ3) is 0.556. The lowest BCUT2D eigenvalue weighted by Crippen LogP contribution is -1.68. The second-order valence-electron chi connectivity index (χ2n) is 1.87. The van der Waals surface area contributed by atoms with Gasteiger partial charge in [0, 0.05) is 6.20 Å².